The smallest absolute Gasteiger partial charge is 0.248 e. The molecule has 57 heavy (non-hydrogen) atoms. The molecule has 0 N–H and O–H groups in total. The first-order chi connectivity index (χ1) is 28.3. The molecule has 0 saturated carbocycles. The topological polar surface area (TPSA) is 43.5 Å². The van der Waals surface area contributed by atoms with Crippen molar-refractivity contribution >= 4 is 83.5 Å². The van der Waals surface area contributed by atoms with Gasteiger partial charge in [0.2, 0.25) is 11.5 Å². The fourth-order valence-corrected chi connectivity index (χ4v) is 8.92. The highest BCUT2D eigenvalue weighted by molar-refractivity contribution is 6.09. The first-order valence-corrected chi connectivity index (χ1v) is 19.5. The number of anilines is 3. The van der Waals surface area contributed by atoms with Gasteiger partial charge in [0.1, 0.15) is 11.1 Å². The van der Waals surface area contributed by atoms with Crippen LogP contribution in [0, 0.1) is 0 Å². The quantitative estimate of drug-likeness (QED) is 0.171. The molecule has 6 heteroatoms. The van der Waals surface area contributed by atoms with E-state index >= 15 is 0 Å². The minimum absolute atomic E-state index is 0.634. The van der Waals surface area contributed by atoms with Crippen molar-refractivity contribution in [2.75, 3.05) is 4.90 Å². The molecule has 0 radical (unpaired) electrons. The molecule has 0 spiro atoms. The Kier molecular flexibility index (Phi) is 6.95. The molecule has 0 aliphatic heterocycles. The van der Waals surface area contributed by atoms with Crippen LogP contribution in [-0.2, 0) is 0 Å². The lowest BCUT2D eigenvalue weighted by atomic mass is 9.99. The number of hydrogen-bond acceptors (Lipinski definition) is 3. The predicted octanol–water partition coefficient (Wildman–Crippen LogP) is 13.5. The summed E-state index contributed by atoms with van der Waals surface area (Å²) in [5, 5.41) is 3.55. The maximum absolute atomic E-state index is 6.29. The third-order valence-corrected chi connectivity index (χ3v) is 11.5. The molecule has 0 saturated heterocycles. The molecular weight excluding hydrogens is 699 g/mol. The van der Waals surface area contributed by atoms with E-state index in [1.54, 1.807) is 0 Å². The van der Waals surface area contributed by atoms with Gasteiger partial charge in [0.05, 0.1) is 22.1 Å². The highest BCUT2D eigenvalue weighted by atomic mass is 16.3. The lowest BCUT2D eigenvalue weighted by Crippen LogP contribution is -2.10. The van der Waals surface area contributed by atoms with E-state index in [4.69, 9.17) is 9.40 Å². The van der Waals surface area contributed by atoms with Crippen LogP contribution in [0.4, 0.5) is 17.1 Å². The van der Waals surface area contributed by atoms with Crippen LogP contribution in [0.1, 0.15) is 18.4 Å². The lowest BCUT2D eigenvalue weighted by molar-refractivity contribution is 0.656. The van der Waals surface area contributed by atoms with Gasteiger partial charge < -0.3 is 13.9 Å². The second-order valence-corrected chi connectivity index (χ2v) is 14.8. The zero-order valence-corrected chi connectivity index (χ0v) is 31.0. The summed E-state index contributed by atoms with van der Waals surface area (Å²) in [5.41, 5.74) is 14.8. The van der Waals surface area contributed by atoms with Crippen molar-refractivity contribution in [3.05, 3.63) is 194 Å². The number of fused-ring (bicyclic) bond motifs is 10. The van der Waals surface area contributed by atoms with E-state index in [1.807, 2.05) is 12.1 Å². The summed E-state index contributed by atoms with van der Waals surface area (Å²) in [4.78, 5) is 7.48. The highest BCUT2D eigenvalue weighted by Crippen LogP contribution is 2.41. The molecular formula is C51H35N5O. The zero-order valence-electron chi connectivity index (χ0n) is 31.0. The van der Waals surface area contributed by atoms with Gasteiger partial charge in [-0.25, -0.2) is 0 Å². The van der Waals surface area contributed by atoms with E-state index in [1.165, 1.54) is 32.9 Å². The molecule has 11 aromatic rings. The van der Waals surface area contributed by atoms with Crippen LogP contribution in [0.15, 0.2) is 193 Å². The average Bonchev–Trinajstić information content (AvgIpc) is 4.00. The standard InChI is InChI=1S/C51H35N5O/c1-3-13-34(14-4-1)35-23-25-37(26-24-35)53(38-27-29-39(30-28-38)54-44-20-10-7-17-41(44)42-18-8-11-21-45(42)54)40-31-32-46-47(33-40)55(36-15-5-2-6-16-36)51-52-50-49(56(46)51)43-19-9-12-22-48(43)57-50/h2-3,5-33H,1,4H2. The molecule has 6 nitrogen and oxygen atoms in total. The van der Waals surface area contributed by atoms with Crippen molar-refractivity contribution in [2.24, 2.45) is 0 Å². The predicted molar refractivity (Wildman–Crippen MR) is 235 cm³/mol. The Hall–Kier alpha value is -7.57. The molecule has 7 aromatic carbocycles. The number of allylic oxidation sites excluding steroid dienone is 4. The molecule has 12 rings (SSSR count). The van der Waals surface area contributed by atoms with Gasteiger partial charge in [-0.15, -0.1) is 0 Å². The molecule has 0 unspecified atom stereocenters. The third kappa shape index (κ3) is 4.87. The Morgan fingerprint density at radius 3 is 1.86 bits per heavy atom. The van der Waals surface area contributed by atoms with Crippen molar-refractivity contribution in [2.45, 2.75) is 12.8 Å². The number of benzene rings is 7. The minimum atomic E-state index is 0.634. The van der Waals surface area contributed by atoms with Gasteiger partial charge in [-0.05, 0) is 115 Å². The van der Waals surface area contributed by atoms with Crippen LogP contribution in [0.25, 0.3) is 77.8 Å². The van der Waals surface area contributed by atoms with Crippen LogP contribution < -0.4 is 4.90 Å². The number of hydrogen-bond donors (Lipinski definition) is 0. The largest absolute Gasteiger partial charge is 0.436 e. The van der Waals surface area contributed by atoms with Crippen molar-refractivity contribution < 1.29 is 4.42 Å². The summed E-state index contributed by atoms with van der Waals surface area (Å²) in [6.07, 6.45) is 9.01. The summed E-state index contributed by atoms with van der Waals surface area (Å²) < 4.78 is 13.2. The van der Waals surface area contributed by atoms with Crippen LogP contribution in [0.3, 0.4) is 0 Å². The SMILES string of the molecule is C1=CC(c2ccc(N(c3ccc(-n4c5ccccc5c5ccccc54)cc3)c3ccc4c(c3)n(-c3ccccc3)c3nc5oc6ccccc6c5n43)cc2)=CCC1. The zero-order chi connectivity index (χ0) is 37.5. The van der Waals surface area contributed by atoms with Crippen LogP contribution in [-0.4, -0.2) is 18.5 Å². The molecule has 0 atom stereocenters. The number of para-hydroxylation sites is 4. The number of nitrogens with zero attached hydrogens (tertiary/aromatic N) is 5. The molecule has 0 fully saturated rings. The van der Waals surface area contributed by atoms with Crippen molar-refractivity contribution in [1.82, 2.24) is 18.5 Å². The normalized spacial score (nSPS) is 13.2. The Labute approximate surface area is 328 Å². The molecule has 4 aromatic heterocycles. The van der Waals surface area contributed by atoms with Gasteiger partial charge in [-0.3, -0.25) is 8.97 Å². The summed E-state index contributed by atoms with van der Waals surface area (Å²) in [6.45, 7) is 0. The second-order valence-electron chi connectivity index (χ2n) is 14.8. The summed E-state index contributed by atoms with van der Waals surface area (Å²) in [5.74, 6) is 0.813. The Morgan fingerprint density at radius 2 is 1.14 bits per heavy atom. The Balaban J connectivity index is 1.06. The number of rotatable bonds is 6. The Morgan fingerprint density at radius 1 is 0.509 bits per heavy atom. The van der Waals surface area contributed by atoms with E-state index in [2.05, 4.69) is 194 Å². The molecule has 1 aliphatic rings. The number of imidazole rings is 2. The highest BCUT2D eigenvalue weighted by Gasteiger charge is 2.23. The van der Waals surface area contributed by atoms with Gasteiger partial charge in [-0.2, -0.15) is 4.98 Å². The van der Waals surface area contributed by atoms with Gasteiger partial charge >= 0.3 is 0 Å². The van der Waals surface area contributed by atoms with Gasteiger partial charge in [0, 0.05) is 44.6 Å². The molecule has 4 heterocycles. The second kappa shape index (κ2) is 12.5. The van der Waals surface area contributed by atoms with Gasteiger partial charge in [-0.1, -0.05) is 97.1 Å². The third-order valence-electron chi connectivity index (χ3n) is 11.5. The fraction of sp³-hybridized carbons (Fsp3) is 0.0392. The van der Waals surface area contributed by atoms with Crippen LogP contribution in [0.5, 0.6) is 0 Å². The van der Waals surface area contributed by atoms with Gasteiger partial charge in [0.15, 0.2) is 0 Å². The monoisotopic (exact) mass is 733 g/mol. The van der Waals surface area contributed by atoms with Gasteiger partial charge in [0.25, 0.3) is 0 Å². The summed E-state index contributed by atoms with van der Waals surface area (Å²) >= 11 is 0. The molecule has 0 bridgehead atoms. The first-order valence-electron chi connectivity index (χ1n) is 19.5. The maximum Gasteiger partial charge on any atom is 0.248 e. The molecule has 270 valence electrons. The number of furan rings is 1. The Bertz CT molecular complexity index is 3340. The van der Waals surface area contributed by atoms with E-state index in [-0.39, 0.29) is 0 Å². The van der Waals surface area contributed by atoms with Crippen molar-refractivity contribution in [1.29, 1.82) is 0 Å². The van der Waals surface area contributed by atoms with Crippen molar-refractivity contribution in [3.8, 4) is 11.4 Å². The summed E-state index contributed by atoms with van der Waals surface area (Å²) in [6, 6.07) is 60.7. The van der Waals surface area contributed by atoms with E-state index < -0.39 is 0 Å². The van der Waals surface area contributed by atoms with Crippen LogP contribution in [0.2, 0.25) is 0 Å². The number of aromatic nitrogens is 4. The maximum atomic E-state index is 6.29. The van der Waals surface area contributed by atoms with Crippen molar-refractivity contribution in [3.63, 3.8) is 0 Å². The van der Waals surface area contributed by atoms with E-state index in [0.29, 0.717) is 5.71 Å². The fourth-order valence-electron chi connectivity index (χ4n) is 8.92. The van der Waals surface area contributed by atoms with E-state index in [0.717, 1.165) is 74.6 Å². The summed E-state index contributed by atoms with van der Waals surface area (Å²) in [7, 11) is 0. The minimum Gasteiger partial charge on any atom is -0.436 e. The molecule has 0 amide bonds. The van der Waals surface area contributed by atoms with E-state index in [9.17, 15) is 0 Å². The molecule has 1 aliphatic carbocycles. The van der Waals surface area contributed by atoms with Crippen LogP contribution >= 0.6 is 0 Å². The first kappa shape index (κ1) is 31.7. The lowest BCUT2D eigenvalue weighted by Gasteiger charge is -2.26. The average molecular weight is 734 g/mol.